The molecule has 2 bridgehead atoms. The molecule has 2 fully saturated rings. The van der Waals surface area contributed by atoms with Crippen molar-refractivity contribution in [1.29, 1.82) is 0 Å². The number of fused-ring (bicyclic) bond motifs is 2. The number of nitrogens with zero attached hydrogens (tertiary/aromatic N) is 2. The lowest BCUT2D eigenvalue weighted by molar-refractivity contribution is -0.124. The monoisotopic (exact) mass is 396 g/mol. The van der Waals surface area contributed by atoms with Gasteiger partial charge in [-0.1, -0.05) is 11.6 Å². The van der Waals surface area contributed by atoms with Gasteiger partial charge in [-0.15, -0.1) is 0 Å². The maximum atomic E-state index is 13.4. The second kappa shape index (κ2) is 7.73. The highest BCUT2D eigenvalue weighted by Crippen LogP contribution is 2.30. The van der Waals surface area contributed by atoms with Gasteiger partial charge in [0, 0.05) is 41.4 Å². The Kier molecular flexibility index (Phi) is 5.74. The van der Waals surface area contributed by atoms with Crippen LogP contribution in [-0.2, 0) is 9.59 Å². The van der Waals surface area contributed by atoms with Crippen molar-refractivity contribution in [2.45, 2.75) is 44.8 Å². The molecule has 2 aliphatic heterocycles. The average molecular weight is 397 g/mol. The first-order valence-electron chi connectivity index (χ1n) is 9.14. The SMILES string of the molecule is CC(C)(C)NC(=O)CN1C[C@@H]2C[C@H]1CN2CC(=O)Nc1cc(F)cc(Cl)c1. The number of halogens is 2. The molecule has 1 aromatic rings. The van der Waals surface area contributed by atoms with E-state index in [0.717, 1.165) is 19.5 Å². The molecule has 2 amide bonds. The van der Waals surface area contributed by atoms with Gasteiger partial charge in [-0.25, -0.2) is 4.39 Å². The predicted octanol–water partition coefficient (Wildman–Crippen LogP) is 2.09. The minimum Gasteiger partial charge on any atom is -0.350 e. The van der Waals surface area contributed by atoms with Gasteiger partial charge in [0.2, 0.25) is 11.8 Å². The van der Waals surface area contributed by atoms with E-state index in [1.54, 1.807) is 0 Å². The molecule has 2 atom stereocenters. The average Bonchev–Trinajstić information content (AvgIpc) is 3.03. The lowest BCUT2D eigenvalue weighted by Gasteiger charge is -2.34. The van der Waals surface area contributed by atoms with E-state index < -0.39 is 5.82 Å². The molecule has 148 valence electrons. The zero-order chi connectivity index (χ0) is 19.8. The van der Waals surface area contributed by atoms with Crippen LogP contribution in [0.3, 0.4) is 0 Å². The van der Waals surface area contributed by atoms with Crippen LogP contribution in [0.25, 0.3) is 0 Å². The number of benzene rings is 1. The van der Waals surface area contributed by atoms with E-state index in [1.807, 2.05) is 20.8 Å². The third-order valence-electron chi connectivity index (χ3n) is 4.82. The van der Waals surface area contributed by atoms with E-state index in [1.165, 1.54) is 18.2 Å². The summed E-state index contributed by atoms with van der Waals surface area (Å²) < 4.78 is 13.4. The first-order valence-corrected chi connectivity index (χ1v) is 9.52. The Labute approximate surface area is 164 Å². The standard InChI is InChI=1S/C19H26ClFN4O2/c1-19(2,3)23-18(27)11-25-9-15-7-16(25)8-24(15)10-17(26)22-14-5-12(20)4-13(21)6-14/h4-6,15-16H,7-11H2,1-3H3,(H,22,26)(H,23,27)/t15-,16-/m0/s1. The van der Waals surface area contributed by atoms with Crippen LogP contribution in [0.1, 0.15) is 27.2 Å². The first-order chi connectivity index (χ1) is 12.6. The summed E-state index contributed by atoms with van der Waals surface area (Å²) in [5, 5.41) is 5.93. The fourth-order valence-corrected chi connectivity index (χ4v) is 4.09. The van der Waals surface area contributed by atoms with Crippen LogP contribution in [0.4, 0.5) is 10.1 Å². The van der Waals surface area contributed by atoms with E-state index in [4.69, 9.17) is 11.6 Å². The number of hydrogen-bond acceptors (Lipinski definition) is 4. The van der Waals surface area contributed by atoms with Crippen molar-refractivity contribution in [3.8, 4) is 0 Å². The first kappa shape index (κ1) is 20.0. The Morgan fingerprint density at radius 3 is 2.22 bits per heavy atom. The van der Waals surface area contributed by atoms with Crippen molar-refractivity contribution in [2.75, 3.05) is 31.5 Å². The number of hydrogen-bond donors (Lipinski definition) is 2. The number of nitrogens with one attached hydrogen (secondary N) is 2. The highest BCUT2D eigenvalue weighted by Gasteiger charge is 2.44. The number of likely N-dealkylation sites (tertiary alicyclic amines) is 2. The molecule has 0 spiro atoms. The number of amides is 2. The van der Waals surface area contributed by atoms with E-state index in [-0.39, 0.29) is 41.0 Å². The molecule has 0 unspecified atom stereocenters. The molecule has 27 heavy (non-hydrogen) atoms. The molecular formula is C19H26ClFN4O2. The molecule has 2 N–H and O–H groups in total. The van der Waals surface area contributed by atoms with Gasteiger partial charge in [0.05, 0.1) is 13.1 Å². The van der Waals surface area contributed by atoms with E-state index in [2.05, 4.69) is 20.4 Å². The molecule has 0 radical (unpaired) electrons. The van der Waals surface area contributed by atoms with E-state index in [9.17, 15) is 14.0 Å². The molecule has 0 aliphatic carbocycles. The largest absolute Gasteiger partial charge is 0.350 e. The van der Waals surface area contributed by atoms with Gasteiger partial charge < -0.3 is 10.6 Å². The summed E-state index contributed by atoms with van der Waals surface area (Å²) >= 11 is 5.81. The maximum Gasteiger partial charge on any atom is 0.238 e. The quantitative estimate of drug-likeness (QED) is 0.800. The lowest BCUT2D eigenvalue weighted by Crippen LogP contribution is -2.52. The summed E-state index contributed by atoms with van der Waals surface area (Å²) in [6, 6.07) is 4.52. The number of anilines is 1. The minimum absolute atomic E-state index is 0.0299. The number of carbonyl (C=O) groups excluding carboxylic acids is 2. The van der Waals surface area contributed by atoms with Gasteiger partial charge in [-0.3, -0.25) is 19.4 Å². The summed E-state index contributed by atoms with van der Waals surface area (Å²) in [4.78, 5) is 28.7. The van der Waals surface area contributed by atoms with Crippen LogP contribution >= 0.6 is 11.6 Å². The molecule has 2 heterocycles. The van der Waals surface area contributed by atoms with Crippen molar-refractivity contribution in [1.82, 2.24) is 15.1 Å². The fourth-order valence-electron chi connectivity index (χ4n) is 3.87. The number of carbonyl (C=O) groups is 2. The Morgan fingerprint density at radius 1 is 1.11 bits per heavy atom. The third kappa shape index (κ3) is 5.40. The second-order valence-electron chi connectivity index (χ2n) is 8.41. The summed E-state index contributed by atoms with van der Waals surface area (Å²) in [7, 11) is 0. The van der Waals surface area contributed by atoms with Gasteiger partial charge >= 0.3 is 0 Å². The molecule has 2 saturated heterocycles. The number of piperazine rings is 1. The van der Waals surface area contributed by atoms with Gasteiger partial charge in [-0.05, 0) is 45.4 Å². The Bertz CT molecular complexity index is 717. The lowest BCUT2D eigenvalue weighted by atomic mass is 10.1. The molecule has 8 heteroatoms. The summed E-state index contributed by atoms with van der Waals surface area (Å²) in [6.07, 6.45) is 0.960. The fraction of sp³-hybridized carbons (Fsp3) is 0.579. The third-order valence-corrected chi connectivity index (χ3v) is 5.04. The minimum atomic E-state index is -0.484. The van der Waals surface area contributed by atoms with Gasteiger partial charge in [0.25, 0.3) is 0 Å². The van der Waals surface area contributed by atoms with Crippen LogP contribution in [0, 0.1) is 5.82 Å². The topological polar surface area (TPSA) is 64.7 Å². The molecule has 2 aliphatic rings. The zero-order valence-corrected chi connectivity index (χ0v) is 16.6. The van der Waals surface area contributed by atoms with Crippen LogP contribution in [0.15, 0.2) is 18.2 Å². The molecule has 6 nitrogen and oxygen atoms in total. The van der Waals surface area contributed by atoms with Crippen molar-refractivity contribution in [3.05, 3.63) is 29.0 Å². The molecule has 0 saturated carbocycles. The molecule has 0 aromatic heterocycles. The summed E-state index contributed by atoms with van der Waals surface area (Å²) in [5.74, 6) is -0.647. The highest BCUT2D eigenvalue weighted by molar-refractivity contribution is 6.30. The smallest absolute Gasteiger partial charge is 0.238 e. The van der Waals surface area contributed by atoms with Gasteiger partial charge in [0.1, 0.15) is 5.82 Å². The van der Waals surface area contributed by atoms with Crippen molar-refractivity contribution < 1.29 is 14.0 Å². The van der Waals surface area contributed by atoms with E-state index >= 15 is 0 Å². The maximum absolute atomic E-state index is 13.4. The van der Waals surface area contributed by atoms with Crippen LogP contribution in [0.2, 0.25) is 5.02 Å². The van der Waals surface area contributed by atoms with Crippen molar-refractivity contribution in [3.63, 3.8) is 0 Å². The van der Waals surface area contributed by atoms with E-state index in [0.29, 0.717) is 12.2 Å². The van der Waals surface area contributed by atoms with Gasteiger partial charge in [-0.2, -0.15) is 0 Å². The Morgan fingerprint density at radius 2 is 1.70 bits per heavy atom. The predicted molar refractivity (Wildman–Crippen MR) is 103 cm³/mol. The van der Waals surface area contributed by atoms with Crippen molar-refractivity contribution in [2.24, 2.45) is 0 Å². The second-order valence-corrected chi connectivity index (χ2v) is 8.84. The number of rotatable bonds is 5. The van der Waals surface area contributed by atoms with Gasteiger partial charge in [0.15, 0.2) is 0 Å². The van der Waals surface area contributed by atoms with Crippen molar-refractivity contribution >= 4 is 29.1 Å². The van der Waals surface area contributed by atoms with Crippen LogP contribution < -0.4 is 10.6 Å². The summed E-state index contributed by atoms with van der Waals surface area (Å²) in [6.45, 7) is 8.07. The van der Waals surface area contributed by atoms with Crippen LogP contribution in [-0.4, -0.2) is 65.4 Å². The van der Waals surface area contributed by atoms with Crippen LogP contribution in [0.5, 0.6) is 0 Å². The molecule has 3 rings (SSSR count). The molecular weight excluding hydrogens is 371 g/mol. The molecule has 1 aromatic carbocycles. The Balaban J connectivity index is 1.48. The Hall–Kier alpha value is -1.70. The summed E-state index contributed by atoms with van der Waals surface area (Å²) in [5.41, 5.74) is 0.120. The zero-order valence-electron chi connectivity index (χ0n) is 15.9. The highest BCUT2D eigenvalue weighted by atomic mass is 35.5. The normalized spacial score (nSPS) is 22.9.